The molecule has 118 valence electrons. The van der Waals surface area contributed by atoms with Gasteiger partial charge >= 0.3 is 6.18 Å². The Morgan fingerprint density at radius 1 is 1.29 bits per heavy atom. The zero-order valence-electron chi connectivity index (χ0n) is 11.7. The van der Waals surface area contributed by atoms with Gasteiger partial charge in [-0.3, -0.25) is 11.3 Å². The second kappa shape index (κ2) is 6.99. The molecule has 6 heteroatoms. The van der Waals surface area contributed by atoms with Gasteiger partial charge in [0.2, 0.25) is 0 Å². The molecule has 0 aliphatic heterocycles. The Hall–Kier alpha value is -0.780. The number of nitrogens with one attached hydrogen (secondary N) is 1. The third kappa shape index (κ3) is 4.34. The summed E-state index contributed by atoms with van der Waals surface area (Å²) in [5.74, 6) is 3.79. The van der Waals surface area contributed by atoms with E-state index in [1.54, 1.807) is 18.2 Å². The van der Waals surface area contributed by atoms with Gasteiger partial charge in [-0.1, -0.05) is 36.6 Å². The highest BCUT2D eigenvalue weighted by molar-refractivity contribution is 6.30. The minimum atomic E-state index is -4.16. The molecule has 0 aromatic heterocycles. The standard InChI is InChI=1S/C15H20ClF3N2/c16-11-5-3-4-10(8-11)9-14(21-20)12-6-1-2-7-13(12)15(17,18)19/h3-5,8,12-14,21H,1-2,6-7,9,20H2. The van der Waals surface area contributed by atoms with Gasteiger partial charge in [0, 0.05) is 11.1 Å². The second-order valence-corrected chi connectivity index (χ2v) is 6.14. The monoisotopic (exact) mass is 320 g/mol. The lowest BCUT2D eigenvalue weighted by Gasteiger charge is -2.38. The average molecular weight is 321 g/mol. The fourth-order valence-corrected chi connectivity index (χ4v) is 3.51. The minimum Gasteiger partial charge on any atom is -0.271 e. The van der Waals surface area contributed by atoms with Gasteiger partial charge in [0.05, 0.1) is 5.92 Å². The molecule has 1 aromatic rings. The predicted molar refractivity (Wildman–Crippen MR) is 77.8 cm³/mol. The summed E-state index contributed by atoms with van der Waals surface area (Å²) in [7, 11) is 0. The maximum Gasteiger partial charge on any atom is 0.392 e. The molecule has 2 rings (SSSR count). The summed E-state index contributed by atoms with van der Waals surface area (Å²) in [5, 5.41) is 0.583. The number of rotatable bonds is 4. The highest BCUT2D eigenvalue weighted by Gasteiger charge is 2.47. The van der Waals surface area contributed by atoms with Crippen LogP contribution in [0.2, 0.25) is 5.02 Å². The molecule has 1 aliphatic rings. The van der Waals surface area contributed by atoms with Gasteiger partial charge < -0.3 is 0 Å². The summed E-state index contributed by atoms with van der Waals surface area (Å²) in [6.45, 7) is 0. The van der Waals surface area contributed by atoms with Crippen molar-refractivity contribution in [2.24, 2.45) is 17.7 Å². The topological polar surface area (TPSA) is 38.0 Å². The molecular weight excluding hydrogens is 301 g/mol. The van der Waals surface area contributed by atoms with Gasteiger partial charge in [-0.15, -0.1) is 0 Å². The molecule has 0 heterocycles. The Morgan fingerprint density at radius 3 is 2.62 bits per heavy atom. The van der Waals surface area contributed by atoms with Crippen molar-refractivity contribution < 1.29 is 13.2 Å². The maximum atomic E-state index is 13.2. The lowest BCUT2D eigenvalue weighted by Crippen LogP contribution is -2.49. The predicted octanol–water partition coefficient (Wildman–Crippen LogP) is 4.08. The lowest BCUT2D eigenvalue weighted by atomic mass is 9.73. The van der Waals surface area contributed by atoms with E-state index < -0.39 is 24.1 Å². The molecule has 2 nitrogen and oxygen atoms in total. The van der Waals surface area contributed by atoms with Crippen molar-refractivity contribution in [1.82, 2.24) is 5.43 Å². The zero-order chi connectivity index (χ0) is 15.5. The van der Waals surface area contributed by atoms with E-state index in [0.717, 1.165) is 12.0 Å². The molecule has 0 spiro atoms. The molecule has 1 aliphatic carbocycles. The van der Waals surface area contributed by atoms with Crippen LogP contribution in [-0.4, -0.2) is 12.2 Å². The number of hydrogen-bond donors (Lipinski definition) is 2. The summed E-state index contributed by atoms with van der Waals surface area (Å²) in [6, 6.07) is 6.79. The van der Waals surface area contributed by atoms with E-state index in [1.807, 2.05) is 6.07 Å². The van der Waals surface area contributed by atoms with E-state index >= 15 is 0 Å². The van der Waals surface area contributed by atoms with E-state index in [9.17, 15) is 13.2 Å². The summed E-state index contributed by atoms with van der Waals surface area (Å²) < 4.78 is 39.6. The third-order valence-corrected chi connectivity index (χ3v) is 4.55. The van der Waals surface area contributed by atoms with Crippen LogP contribution in [0.15, 0.2) is 24.3 Å². The summed E-state index contributed by atoms with van der Waals surface area (Å²) in [4.78, 5) is 0. The van der Waals surface area contributed by atoms with Gasteiger partial charge in [0.1, 0.15) is 0 Å². The van der Waals surface area contributed by atoms with Crippen molar-refractivity contribution in [3.63, 3.8) is 0 Å². The van der Waals surface area contributed by atoms with Crippen molar-refractivity contribution in [3.05, 3.63) is 34.9 Å². The highest BCUT2D eigenvalue weighted by atomic mass is 35.5. The highest BCUT2D eigenvalue weighted by Crippen LogP contribution is 2.43. The van der Waals surface area contributed by atoms with Crippen LogP contribution < -0.4 is 11.3 Å². The average Bonchev–Trinajstić information content (AvgIpc) is 2.44. The number of benzene rings is 1. The van der Waals surface area contributed by atoms with E-state index in [-0.39, 0.29) is 6.42 Å². The lowest BCUT2D eigenvalue weighted by molar-refractivity contribution is -0.199. The van der Waals surface area contributed by atoms with E-state index in [4.69, 9.17) is 17.4 Å². The number of nitrogens with two attached hydrogens (primary N) is 1. The normalized spacial score (nSPS) is 24.8. The fourth-order valence-electron chi connectivity index (χ4n) is 3.30. The Balaban J connectivity index is 2.14. The molecule has 1 aromatic carbocycles. The van der Waals surface area contributed by atoms with Crippen molar-refractivity contribution in [2.75, 3.05) is 0 Å². The first-order valence-electron chi connectivity index (χ1n) is 7.19. The van der Waals surface area contributed by atoms with Gasteiger partial charge in [0.15, 0.2) is 0 Å². The Morgan fingerprint density at radius 2 is 2.00 bits per heavy atom. The number of halogens is 4. The van der Waals surface area contributed by atoms with Crippen molar-refractivity contribution in [2.45, 2.75) is 44.3 Å². The van der Waals surface area contributed by atoms with E-state index in [0.29, 0.717) is 24.3 Å². The van der Waals surface area contributed by atoms with E-state index in [2.05, 4.69) is 5.43 Å². The smallest absolute Gasteiger partial charge is 0.271 e. The van der Waals surface area contributed by atoms with Crippen molar-refractivity contribution in [1.29, 1.82) is 0 Å². The third-order valence-electron chi connectivity index (χ3n) is 4.32. The maximum absolute atomic E-state index is 13.2. The molecule has 1 fully saturated rings. The van der Waals surface area contributed by atoms with Gasteiger partial charge in [-0.05, 0) is 42.9 Å². The molecular formula is C15H20ClF3N2. The quantitative estimate of drug-likeness (QED) is 0.648. The second-order valence-electron chi connectivity index (χ2n) is 5.70. The number of hydrogen-bond acceptors (Lipinski definition) is 2. The van der Waals surface area contributed by atoms with Crippen LogP contribution >= 0.6 is 11.6 Å². The van der Waals surface area contributed by atoms with Crippen LogP contribution in [-0.2, 0) is 6.42 Å². The van der Waals surface area contributed by atoms with Crippen LogP contribution in [0.1, 0.15) is 31.2 Å². The summed E-state index contributed by atoms with van der Waals surface area (Å²) in [5.41, 5.74) is 3.50. The summed E-state index contributed by atoms with van der Waals surface area (Å²) >= 11 is 5.93. The largest absolute Gasteiger partial charge is 0.392 e. The fraction of sp³-hybridized carbons (Fsp3) is 0.600. The first-order valence-corrected chi connectivity index (χ1v) is 7.57. The molecule has 0 saturated heterocycles. The molecule has 21 heavy (non-hydrogen) atoms. The number of hydrazine groups is 1. The molecule has 1 saturated carbocycles. The molecule has 0 bridgehead atoms. The van der Waals surface area contributed by atoms with Crippen LogP contribution in [0.5, 0.6) is 0 Å². The Kier molecular flexibility index (Phi) is 5.52. The summed E-state index contributed by atoms with van der Waals surface area (Å²) in [6.07, 6.45) is -1.50. The van der Waals surface area contributed by atoms with Gasteiger partial charge in [-0.2, -0.15) is 13.2 Å². The molecule has 0 amide bonds. The Bertz CT molecular complexity index is 464. The van der Waals surface area contributed by atoms with Crippen LogP contribution in [0.25, 0.3) is 0 Å². The SMILES string of the molecule is NNC(Cc1cccc(Cl)c1)C1CCCCC1C(F)(F)F. The van der Waals surface area contributed by atoms with Crippen LogP contribution in [0, 0.1) is 11.8 Å². The molecule has 0 radical (unpaired) electrons. The first-order chi connectivity index (χ1) is 9.91. The van der Waals surface area contributed by atoms with Gasteiger partial charge in [-0.25, -0.2) is 0 Å². The molecule has 3 unspecified atom stereocenters. The number of alkyl halides is 3. The molecule has 3 N–H and O–H groups in total. The van der Waals surface area contributed by atoms with Gasteiger partial charge in [0.25, 0.3) is 0 Å². The van der Waals surface area contributed by atoms with Crippen molar-refractivity contribution >= 4 is 11.6 Å². The van der Waals surface area contributed by atoms with Crippen LogP contribution in [0.3, 0.4) is 0 Å². The Labute approximate surface area is 127 Å². The van der Waals surface area contributed by atoms with Crippen molar-refractivity contribution in [3.8, 4) is 0 Å². The van der Waals surface area contributed by atoms with E-state index in [1.165, 1.54) is 0 Å². The zero-order valence-corrected chi connectivity index (χ0v) is 12.4. The van der Waals surface area contributed by atoms with Crippen LogP contribution in [0.4, 0.5) is 13.2 Å². The minimum absolute atomic E-state index is 0.196. The first kappa shape index (κ1) is 16.6. The molecule has 3 atom stereocenters.